The molecule has 0 spiro atoms. The summed E-state index contributed by atoms with van der Waals surface area (Å²) >= 11 is 0. The minimum Gasteiger partial charge on any atom is -0.385 e. The summed E-state index contributed by atoms with van der Waals surface area (Å²) in [5.41, 5.74) is 6.49. The summed E-state index contributed by atoms with van der Waals surface area (Å²) < 4.78 is 1.29. The fourth-order valence-electron chi connectivity index (χ4n) is 1.79. The van der Waals surface area contributed by atoms with Crippen LogP contribution in [0.4, 0.5) is 5.82 Å². The van der Waals surface area contributed by atoms with Crippen molar-refractivity contribution in [2.45, 2.75) is 19.9 Å². The Morgan fingerprint density at radius 2 is 2.22 bits per heavy atom. The molecule has 2 heterocycles. The van der Waals surface area contributed by atoms with Gasteiger partial charge in [0.1, 0.15) is 5.82 Å². The molecule has 0 bridgehead atoms. The van der Waals surface area contributed by atoms with Crippen molar-refractivity contribution in [3.63, 3.8) is 0 Å². The van der Waals surface area contributed by atoms with Crippen molar-refractivity contribution >= 4 is 5.82 Å². The molecule has 0 saturated carbocycles. The molecule has 2 aromatic heterocycles. The minimum absolute atomic E-state index is 0.136. The first kappa shape index (κ1) is 12.1. The van der Waals surface area contributed by atoms with Gasteiger partial charge in [-0.1, -0.05) is 13.0 Å². The van der Waals surface area contributed by atoms with Crippen LogP contribution in [0.5, 0.6) is 0 Å². The number of aromatic nitrogens is 3. The smallest absolute Gasteiger partial charge is 0.330 e. The first-order chi connectivity index (χ1) is 8.61. The number of nitrogens with zero attached hydrogens (tertiary/aromatic N) is 2. The van der Waals surface area contributed by atoms with Gasteiger partial charge in [0.2, 0.25) is 0 Å². The number of nitrogen functional groups attached to an aromatic ring is 1. The Hall–Kier alpha value is -2.37. The highest BCUT2D eigenvalue weighted by atomic mass is 16.2. The summed E-state index contributed by atoms with van der Waals surface area (Å²) in [6.07, 6.45) is 2.49. The summed E-state index contributed by atoms with van der Waals surface area (Å²) in [4.78, 5) is 29.2. The zero-order chi connectivity index (χ0) is 13.1. The molecule has 3 N–H and O–H groups in total. The van der Waals surface area contributed by atoms with Crippen LogP contribution in [0.15, 0.2) is 34.0 Å². The lowest BCUT2D eigenvalue weighted by molar-refractivity contribution is 0.709. The van der Waals surface area contributed by atoms with Crippen LogP contribution in [0.25, 0.3) is 0 Å². The van der Waals surface area contributed by atoms with E-state index in [1.54, 1.807) is 6.20 Å². The van der Waals surface area contributed by atoms with Gasteiger partial charge in [-0.25, -0.2) is 4.79 Å². The lowest BCUT2D eigenvalue weighted by Crippen LogP contribution is -2.32. The second-order valence-electron chi connectivity index (χ2n) is 3.91. The third-order valence-corrected chi connectivity index (χ3v) is 2.74. The van der Waals surface area contributed by atoms with E-state index in [4.69, 9.17) is 5.73 Å². The van der Waals surface area contributed by atoms with E-state index in [-0.39, 0.29) is 12.4 Å². The second kappa shape index (κ2) is 4.87. The maximum atomic E-state index is 11.7. The van der Waals surface area contributed by atoms with Crippen molar-refractivity contribution < 1.29 is 0 Å². The van der Waals surface area contributed by atoms with Crippen LogP contribution in [-0.4, -0.2) is 14.5 Å². The molecule has 0 atom stereocenters. The zero-order valence-electron chi connectivity index (χ0n) is 10.0. The van der Waals surface area contributed by atoms with Crippen molar-refractivity contribution in [3.05, 3.63) is 56.5 Å². The van der Waals surface area contributed by atoms with E-state index < -0.39 is 11.2 Å². The van der Waals surface area contributed by atoms with Crippen molar-refractivity contribution in [1.82, 2.24) is 14.5 Å². The number of hydrogen-bond acceptors (Lipinski definition) is 4. The molecule has 0 amide bonds. The zero-order valence-corrected chi connectivity index (χ0v) is 10.0. The monoisotopic (exact) mass is 246 g/mol. The maximum Gasteiger partial charge on any atom is 0.330 e. The topological polar surface area (TPSA) is 93.8 Å². The molecule has 6 heteroatoms. The Labute approximate surface area is 103 Å². The van der Waals surface area contributed by atoms with Crippen molar-refractivity contribution in [1.29, 1.82) is 0 Å². The largest absolute Gasteiger partial charge is 0.385 e. The van der Waals surface area contributed by atoms with Crippen molar-refractivity contribution in [3.8, 4) is 0 Å². The standard InChI is InChI=1S/C12H14N4O2/c1-2-8-4-3-5-14-9(8)7-16-10(13)6-11(17)15-12(16)18/h3-6H,2,7,13H2,1H3,(H,15,17,18). The molecule has 0 aliphatic heterocycles. The average molecular weight is 246 g/mol. The first-order valence-electron chi connectivity index (χ1n) is 5.64. The van der Waals surface area contributed by atoms with E-state index in [0.717, 1.165) is 17.7 Å². The quantitative estimate of drug-likeness (QED) is 0.804. The Balaban J connectivity index is 2.47. The molecule has 2 rings (SSSR count). The summed E-state index contributed by atoms with van der Waals surface area (Å²) in [5, 5.41) is 0. The number of aromatic amines is 1. The third-order valence-electron chi connectivity index (χ3n) is 2.74. The highest BCUT2D eigenvalue weighted by Crippen LogP contribution is 2.08. The number of nitrogens with one attached hydrogen (secondary N) is 1. The SMILES string of the molecule is CCc1cccnc1Cn1c(N)cc(=O)[nH]c1=O. The van der Waals surface area contributed by atoms with Crippen LogP contribution in [0.2, 0.25) is 0 Å². The van der Waals surface area contributed by atoms with E-state index in [0.29, 0.717) is 0 Å². The van der Waals surface area contributed by atoms with E-state index in [2.05, 4.69) is 9.97 Å². The molecular formula is C12H14N4O2. The second-order valence-corrected chi connectivity index (χ2v) is 3.91. The van der Waals surface area contributed by atoms with Crippen LogP contribution >= 0.6 is 0 Å². The van der Waals surface area contributed by atoms with Gasteiger partial charge in [-0.05, 0) is 18.1 Å². The molecule has 0 radical (unpaired) electrons. The Morgan fingerprint density at radius 1 is 1.44 bits per heavy atom. The minimum atomic E-state index is -0.521. The fourth-order valence-corrected chi connectivity index (χ4v) is 1.79. The number of hydrogen-bond donors (Lipinski definition) is 2. The van der Waals surface area contributed by atoms with E-state index in [1.165, 1.54) is 10.6 Å². The summed E-state index contributed by atoms with van der Waals surface area (Å²) in [7, 11) is 0. The molecule has 0 unspecified atom stereocenters. The predicted molar refractivity (Wildman–Crippen MR) is 68.5 cm³/mol. The fraction of sp³-hybridized carbons (Fsp3) is 0.250. The Bertz CT molecular complexity index is 672. The highest BCUT2D eigenvalue weighted by Gasteiger charge is 2.07. The van der Waals surface area contributed by atoms with Gasteiger partial charge in [0.15, 0.2) is 0 Å². The van der Waals surface area contributed by atoms with Gasteiger partial charge in [0, 0.05) is 12.3 Å². The number of rotatable bonds is 3. The molecule has 0 aromatic carbocycles. The van der Waals surface area contributed by atoms with Crippen LogP contribution in [0, 0.1) is 0 Å². The Kier molecular flexibility index (Phi) is 3.27. The summed E-state index contributed by atoms with van der Waals surface area (Å²) in [6.45, 7) is 2.27. The van der Waals surface area contributed by atoms with Gasteiger partial charge in [-0.3, -0.25) is 19.3 Å². The van der Waals surface area contributed by atoms with Gasteiger partial charge < -0.3 is 5.73 Å². The maximum absolute atomic E-state index is 11.7. The van der Waals surface area contributed by atoms with Gasteiger partial charge in [-0.2, -0.15) is 0 Å². The van der Waals surface area contributed by atoms with Crippen LogP contribution in [0.3, 0.4) is 0 Å². The van der Waals surface area contributed by atoms with E-state index in [1.807, 2.05) is 19.1 Å². The first-order valence-corrected chi connectivity index (χ1v) is 5.64. The third kappa shape index (κ3) is 2.32. The van der Waals surface area contributed by atoms with E-state index in [9.17, 15) is 9.59 Å². The summed E-state index contributed by atoms with van der Waals surface area (Å²) in [5.74, 6) is 0.136. The average Bonchev–Trinajstić information content (AvgIpc) is 2.34. The van der Waals surface area contributed by atoms with Gasteiger partial charge in [-0.15, -0.1) is 0 Å². The number of aryl methyl sites for hydroxylation is 1. The number of H-pyrrole nitrogens is 1. The lowest BCUT2D eigenvalue weighted by Gasteiger charge is -2.10. The molecule has 0 fully saturated rings. The van der Waals surface area contributed by atoms with Crippen LogP contribution < -0.4 is 17.0 Å². The normalized spacial score (nSPS) is 10.5. The highest BCUT2D eigenvalue weighted by molar-refractivity contribution is 5.28. The molecule has 0 aliphatic carbocycles. The summed E-state index contributed by atoms with van der Waals surface area (Å²) in [6, 6.07) is 4.99. The van der Waals surface area contributed by atoms with Crippen LogP contribution in [0.1, 0.15) is 18.2 Å². The molecule has 0 aliphatic rings. The van der Waals surface area contributed by atoms with Crippen molar-refractivity contribution in [2.75, 3.05) is 5.73 Å². The lowest BCUT2D eigenvalue weighted by atomic mass is 10.1. The molecule has 0 saturated heterocycles. The van der Waals surface area contributed by atoms with Gasteiger partial charge >= 0.3 is 5.69 Å². The number of pyridine rings is 1. The van der Waals surface area contributed by atoms with Gasteiger partial charge in [0.05, 0.1) is 12.2 Å². The Morgan fingerprint density at radius 3 is 2.89 bits per heavy atom. The molecule has 94 valence electrons. The number of anilines is 1. The van der Waals surface area contributed by atoms with Crippen LogP contribution in [-0.2, 0) is 13.0 Å². The van der Waals surface area contributed by atoms with Crippen molar-refractivity contribution in [2.24, 2.45) is 0 Å². The number of nitrogens with two attached hydrogens (primary N) is 1. The van der Waals surface area contributed by atoms with E-state index >= 15 is 0 Å². The molecule has 6 nitrogen and oxygen atoms in total. The molecular weight excluding hydrogens is 232 g/mol. The predicted octanol–water partition coefficient (Wildman–Crippen LogP) is 0.124. The van der Waals surface area contributed by atoms with Gasteiger partial charge in [0.25, 0.3) is 5.56 Å². The molecule has 2 aromatic rings. The molecule has 18 heavy (non-hydrogen) atoms.